The Balaban J connectivity index is 2.43. The van der Waals surface area contributed by atoms with Crippen LogP contribution in [0.25, 0.3) is 0 Å². The molecule has 4 heteroatoms. The molecule has 0 aliphatic carbocycles. The quantitative estimate of drug-likeness (QED) is 0.777. The van der Waals surface area contributed by atoms with E-state index in [-0.39, 0.29) is 5.56 Å². The highest BCUT2D eigenvalue weighted by Gasteiger charge is 2.11. The largest absolute Gasteiger partial charge is 0.478 e. The summed E-state index contributed by atoms with van der Waals surface area (Å²) in [7, 11) is 0. The number of carboxylic acids is 1. The molecule has 2 aromatic carbocycles. The number of rotatable bonds is 3. The molecular formula is C18H20N2O2. The summed E-state index contributed by atoms with van der Waals surface area (Å²) >= 11 is 0. The SMILES string of the molecule is Cc1cc(/N=N/c2ccc(C)c(C)c2C)cc(C(=O)O)c1C. The number of aryl methyl sites for hydroxylation is 2. The number of hydrogen-bond donors (Lipinski definition) is 1. The molecule has 0 radical (unpaired) electrons. The van der Waals surface area contributed by atoms with Gasteiger partial charge in [0.05, 0.1) is 16.9 Å². The summed E-state index contributed by atoms with van der Waals surface area (Å²) in [5.41, 5.74) is 6.78. The molecule has 0 unspecified atom stereocenters. The van der Waals surface area contributed by atoms with Gasteiger partial charge >= 0.3 is 5.97 Å². The Morgan fingerprint density at radius 3 is 2.18 bits per heavy atom. The molecule has 22 heavy (non-hydrogen) atoms. The van der Waals surface area contributed by atoms with E-state index in [1.807, 2.05) is 32.0 Å². The average Bonchev–Trinajstić information content (AvgIpc) is 2.47. The van der Waals surface area contributed by atoms with E-state index in [4.69, 9.17) is 0 Å². The van der Waals surface area contributed by atoms with Gasteiger partial charge < -0.3 is 5.11 Å². The molecule has 0 saturated carbocycles. The summed E-state index contributed by atoms with van der Waals surface area (Å²) < 4.78 is 0. The lowest BCUT2D eigenvalue weighted by atomic mass is 10.0. The normalized spacial score (nSPS) is 11.1. The summed E-state index contributed by atoms with van der Waals surface area (Å²) in [6.45, 7) is 9.81. The summed E-state index contributed by atoms with van der Waals surface area (Å²) in [5, 5.41) is 17.7. The van der Waals surface area contributed by atoms with Crippen LogP contribution in [-0.4, -0.2) is 11.1 Å². The lowest BCUT2D eigenvalue weighted by Crippen LogP contribution is -2.00. The Labute approximate surface area is 130 Å². The first-order chi connectivity index (χ1) is 10.3. The van der Waals surface area contributed by atoms with Crippen LogP contribution in [-0.2, 0) is 0 Å². The van der Waals surface area contributed by atoms with Crippen LogP contribution in [0.5, 0.6) is 0 Å². The Morgan fingerprint density at radius 2 is 1.55 bits per heavy atom. The van der Waals surface area contributed by atoms with Crippen molar-refractivity contribution in [1.82, 2.24) is 0 Å². The molecule has 0 heterocycles. The van der Waals surface area contributed by atoms with Crippen LogP contribution in [0.15, 0.2) is 34.5 Å². The third-order valence-electron chi connectivity index (χ3n) is 4.19. The number of hydrogen-bond acceptors (Lipinski definition) is 3. The molecule has 4 nitrogen and oxygen atoms in total. The molecule has 0 fully saturated rings. The van der Waals surface area contributed by atoms with E-state index in [1.54, 1.807) is 13.0 Å². The Morgan fingerprint density at radius 1 is 0.864 bits per heavy atom. The van der Waals surface area contributed by atoms with Crippen molar-refractivity contribution in [1.29, 1.82) is 0 Å². The number of nitrogens with zero attached hydrogens (tertiary/aromatic N) is 2. The van der Waals surface area contributed by atoms with Crippen LogP contribution in [0.2, 0.25) is 0 Å². The van der Waals surface area contributed by atoms with Crippen molar-refractivity contribution in [2.45, 2.75) is 34.6 Å². The molecular weight excluding hydrogens is 276 g/mol. The summed E-state index contributed by atoms with van der Waals surface area (Å²) in [4.78, 5) is 11.3. The van der Waals surface area contributed by atoms with Crippen LogP contribution < -0.4 is 0 Å². The van der Waals surface area contributed by atoms with E-state index in [9.17, 15) is 9.90 Å². The van der Waals surface area contributed by atoms with Crippen LogP contribution in [0.4, 0.5) is 11.4 Å². The van der Waals surface area contributed by atoms with Crippen molar-refractivity contribution in [3.63, 3.8) is 0 Å². The lowest BCUT2D eigenvalue weighted by molar-refractivity contribution is 0.0696. The van der Waals surface area contributed by atoms with Gasteiger partial charge in [0.2, 0.25) is 0 Å². The van der Waals surface area contributed by atoms with Gasteiger partial charge in [-0.3, -0.25) is 0 Å². The second kappa shape index (κ2) is 6.10. The van der Waals surface area contributed by atoms with Gasteiger partial charge in [-0.15, -0.1) is 0 Å². The highest BCUT2D eigenvalue weighted by molar-refractivity contribution is 5.90. The van der Waals surface area contributed by atoms with Gasteiger partial charge in [0, 0.05) is 0 Å². The van der Waals surface area contributed by atoms with Gasteiger partial charge in [-0.05, 0) is 80.6 Å². The number of benzene rings is 2. The zero-order valence-electron chi connectivity index (χ0n) is 13.6. The number of carboxylic acid groups (broad SMARTS) is 1. The fraction of sp³-hybridized carbons (Fsp3) is 0.278. The summed E-state index contributed by atoms with van der Waals surface area (Å²) in [6, 6.07) is 7.35. The van der Waals surface area contributed by atoms with Crippen molar-refractivity contribution in [3.8, 4) is 0 Å². The second-order valence-electron chi connectivity index (χ2n) is 5.59. The van der Waals surface area contributed by atoms with Gasteiger partial charge in [0.15, 0.2) is 0 Å². The smallest absolute Gasteiger partial charge is 0.336 e. The first-order valence-electron chi connectivity index (χ1n) is 7.14. The Bertz CT molecular complexity index is 777. The lowest BCUT2D eigenvalue weighted by Gasteiger charge is -2.07. The molecule has 114 valence electrons. The maximum Gasteiger partial charge on any atom is 0.336 e. The minimum Gasteiger partial charge on any atom is -0.478 e. The predicted octanol–water partition coefficient (Wildman–Crippen LogP) is 5.34. The maximum absolute atomic E-state index is 11.3. The topological polar surface area (TPSA) is 62.0 Å². The van der Waals surface area contributed by atoms with Gasteiger partial charge in [-0.25, -0.2) is 4.79 Å². The first kappa shape index (κ1) is 15.9. The Kier molecular flexibility index (Phi) is 4.40. The van der Waals surface area contributed by atoms with E-state index in [2.05, 4.69) is 24.1 Å². The van der Waals surface area contributed by atoms with Gasteiger partial charge in [0.1, 0.15) is 0 Å². The number of aromatic carboxylic acids is 1. The fourth-order valence-corrected chi connectivity index (χ4v) is 2.28. The molecule has 1 N–H and O–H groups in total. The molecule has 2 rings (SSSR count). The highest BCUT2D eigenvalue weighted by atomic mass is 16.4. The van der Waals surface area contributed by atoms with Gasteiger partial charge in [-0.2, -0.15) is 10.2 Å². The zero-order chi connectivity index (χ0) is 16.4. The van der Waals surface area contributed by atoms with Crippen LogP contribution in [0.1, 0.15) is 38.2 Å². The van der Waals surface area contributed by atoms with Crippen molar-refractivity contribution in [2.24, 2.45) is 10.2 Å². The zero-order valence-corrected chi connectivity index (χ0v) is 13.6. The standard InChI is InChI=1S/C18H20N2O2/c1-10-6-7-17(14(5)12(10)3)20-19-15-8-11(2)13(4)16(9-15)18(21)22/h6-9H,1-5H3,(H,21,22)/b20-19+. The predicted molar refractivity (Wildman–Crippen MR) is 87.7 cm³/mol. The van der Waals surface area contributed by atoms with E-state index in [1.165, 1.54) is 11.1 Å². The van der Waals surface area contributed by atoms with Crippen molar-refractivity contribution < 1.29 is 9.90 Å². The minimum absolute atomic E-state index is 0.269. The molecule has 0 bridgehead atoms. The summed E-state index contributed by atoms with van der Waals surface area (Å²) in [6.07, 6.45) is 0. The monoisotopic (exact) mass is 296 g/mol. The summed E-state index contributed by atoms with van der Waals surface area (Å²) in [5.74, 6) is -0.944. The van der Waals surface area contributed by atoms with Crippen molar-refractivity contribution in [3.05, 3.63) is 57.6 Å². The second-order valence-corrected chi connectivity index (χ2v) is 5.59. The molecule has 2 aromatic rings. The number of carbonyl (C=O) groups is 1. The van der Waals surface area contributed by atoms with E-state index < -0.39 is 5.97 Å². The van der Waals surface area contributed by atoms with Crippen LogP contribution in [0.3, 0.4) is 0 Å². The molecule has 0 aromatic heterocycles. The van der Waals surface area contributed by atoms with E-state index in [0.717, 1.165) is 22.4 Å². The van der Waals surface area contributed by atoms with Crippen molar-refractivity contribution in [2.75, 3.05) is 0 Å². The fourth-order valence-electron chi connectivity index (χ4n) is 2.28. The van der Waals surface area contributed by atoms with Crippen molar-refractivity contribution >= 4 is 17.3 Å². The average molecular weight is 296 g/mol. The van der Waals surface area contributed by atoms with Gasteiger partial charge in [-0.1, -0.05) is 6.07 Å². The van der Waals surface area contributed by atoms with E-state index >= 15 is 0 Å². The molecule has 0 atom stereocenters. The molecule has 0 spiro atoms. The van der Waals surface area contributed by atoms with Crippen LogP contribution >= 0.6 is 0 Å². The van der Waals surface area contributed by atoms with Gasteiger partial charge in [0.25, 0.3) is 0 Å². The molecule has 0 amide bonds. The third-order valence-corrected chi connectivity index (χ3v) is 4.19. The number of azo groups is 1. The minimum atomic E-state index is -0.944. The molecule has 0 aliphatic heterocycles. The highest BCUT2D eigenvalue weighted by Crippen LogP contribution is 2.28. The molecule has 0 aliphatic rings. The Hall–Kier alpha value is -2.49. The van der Waals surface area contributed by atoms with E-state index in [0.29, 0.717) is 5.69 Å². The maximum atomic E-state index is 11.3. The first-order valence-corrected chi connectivity index (χ1v) is 7.14. The third kappa shape index (κ3) is 3.06. The molecule has 0 saturated heterocycles. The van der Waals surface area contributed by atoms with Crippen LogP contribution in [0, 0.1) is 34.6 Å².